The third-order valence-electron chi connectivity index (χ3n) is 4.44. The summed E-state index contributed by atoms with van der Waals surface area (Å²) in [6.07, 6.45) is 0. The molecule has 0 spiro atoms. The van der Waals surface area contributed by atoms with Gasteiger partial charge in [0.1, 0.15) is 0 Å². The van der Waals surface area contributed by atoms with Gasteiger partial charge in [0.2, 0.25) is 0 Å². The normalized spacial score (nSPS) is 15.4. The molecule has 4 nitrogen and oxygen atoms in total. The second kappa shape index (κ2) is 8.48. The average Bonchev–Trinajstić information content (AvgIpc) is 2.62. The zero-order valence-corrected chi connectivity index (χ0v) is 15.2. The highest BCUT2D eigenvalue weighted by Gasteiger charge is 2.22. The Kier molecular flexibility index (Phi) is 6.08. The summed E-state index contributed by atoms with van der Waals surface area (Å²) in [6.45, 7) is 4.62. The maximum absolute atomic E-state index is 12.7. The molecule has 1 amide bonds. The van der Waals surface area contributed by atoms with E-state index < -0.39 is 0 Å². The third kappa shape index (κ3) is 4.82. The monoisotopic (exact) mass is 358 g/mol. The molecule has 1 aliphatic heterocycles. The van der Waals surface area contributed by atoms with Crippen molar-refractivity contribution in [2.45, 2.75) is 13.2 Å². The number of benzene rings is 2. The Balaban J connectivity index is 1.56. The SMILES string of the molecule is COCc1cccc(C(=O)N2CCN(Cc3cccc(Cl)c3)CC2)c1. The molecule has 0 atom stereocenters. The minimum Gasteiger partial charge on any atom is -0.380 e. The molecule has 0 N–H and O–H groups in total. The first kappa shape index (κ1) is 17.9. The minimum absolute atomic E-state index is 0.0976. The van der Waals surface area contributed by atoms with Crippen molar-refractivity contribution in [3.63, 3.8) is 0 Å². The van der Waals surface area contributed by atoms with Crippen LogP contribution in [0.3, 0.4) is 0 Å². The Morgan fingerprint density at radius 1 is 1.04 bits per heavy atom. The molecule has 132 valence electrons. The molecular formula is C20H23ClN2O2. The summed E-state index contributed by atoms with van der Waals surface area (Å²) in [6, 6.07) is 15.6. The number of carbonyl (C=O) groups excluding carboxylic acids is 1. The summed E-state index contributed by atoms with van der Waals surface area (Å²) < 4.78 is 5.15. The van der Waals surface area contributed by atoms with E-state index in [2.05, 4.69) is 11.0 Å². The number of methoxy groups -OCH3 is 1. The van der Waals surface area contributed by atoms with Crippen LogP contribution in [0.15, 0.2) is 48.5 Å². The number of halogens is 1. The summed E-state index contributed by atoms with van der Waals surface area (Å²) in [5.41, 5.74) is 2.96. The van der Waals surface area contributed by atoms with Crippen molar-refractivity contribution in [2.24, 2.45) is 0 Å². The first-order chi connectivity index (χ1) is 12.2. The van der Waals surface area contributed by atoms with Gasteiger partial charge in [-0.15, -0.1) is 0 Å². The van der Waals surface area contributed by atoms with E-state index in [9.17, 15) is 4.79 Å². The molecule has 3 rings (SSSR count). The fourth-order valence-electron chi connectivity index (χ4n) is 3.15. The van der Waals surface area contributed by atoms with Crippen LogP contribution in [0, 0.1) is 0 Å². The smallest absolute Gasteiger partial charge is 0.253 e. The standard InChI is InChI=1S/C20H23ClN2O2/c1-25-15-17-5-2-6-18(12-17)20(24)23-10-8-22(9-11-23)14-16-4-3-7-19(21)13-16/h2-7,12-13H,8-11,14-15H2,1H3. The maximum Gasteiger partial charge on any atom is 0.253 e. The first-order valence-corrected chi connectivity index (χ1v) is 8.87. The molecule has 1 saturated heterocycles. The molecule has 2 aromatic rings. The zero-order chi connectivity index (χ0) is 17.6. The lowest BCUT2D eigenvalue weighted by molar-refractivity contribution is 0.0628. The van der Waals surface area contributed by atoms with E-state index in [-0.39, 0.29) is 5.91 Å². The fourth-order valence-corrected chi connectivity index (χ4v) is 3.36. The lowest BCUT2D eigenvalue weighted by Gasteiger charge is -2.34. The van der Waals surface area contributed by atoms with Gasteiger partial charge in [-0.1, -0.05) is 35.9 Å². The molecule has 5 heteroatoms. The number of nitrogens with zero attached hydrogens (tertiary/aromatic N) is 2. The van der Waals surface area contributed by atoms with Crippen LogP contribution in [0.4, 0.5) is 0 Å². The predicted molar refractivity (Wildman–Crippen MR) is 99.8 cm³/mol. The van der Waals surface area contributed by atoms with Gasteiger partial charge < -0.3 is 9.64 Å². The number of hydrogen-bond donors (Lipinski definition) is 0. The Hall–Kier alpha value is -1.88. The summed E-state index contributed by atoms with van der Waals surface area (Å²) in [7, 11) is 1.66. The van der Waals surface area contributed by atoms with Gasteiger partial charge in [-0.25, -0.2) is 0 Å². The van der Waals surface area contributed by atoms with Gasteiger partial charge >= 0.3 is 0 Å². The second-order valence-corrected chi connectivity index (χ2v) is 6.77. The number of rotatable bonds is 5. The van der Waals surface area contributed by atoms with Crippen molar-refractivity contribution >= 4 is 17.5 Å². The number of carbonyl (C=O) groups is 1. The molecule has 2 aromatic carbocycles. The quantitative estimate of drug-likeness (QED) is 0.820. The lowest BCUT2D eigenvalue weighted by Crippen LogP contribution is -2.48. The molecule has 1 heterocycles. The molecule has 0 aliphatic carbocycles. The van der Waals surface area contributed by atoms with Gasteiger partial charge in [-0.2, -0.15) is 0 Å². The van der Waals surface area contributed by atoms with E-state index in [0.29, 0.717) is 6.61 Å². The largest absolute Gasteiger partial charge is 0.380 e. The molecule has 0 bridgehead atoms. The third-order valence-corrected chi connectivity index (χ3v) is 4.67. The minimum atomic E-state index is 0.0976. The maximum atomic E-state index is 12.7. The summed E-state index contributed by atoms with van der Waals surface area (Å²) >= 11 is 6.05. The van der Waals surface area contributed by atoms with E-state index in [1.54, 1.807) is 7.11 Å². The van der Waals surface area contributed by atoms with E-state index >= 15 is 0 Å². The average molecular weight is 359 g/mol. The van der Waals surface area contributed by atoms with Gasteiger partial charge in [-0.05, 0) is 35.4 Å². The summed E-state index contributed by atoms with van der Waals surface area (Å²) in [4.78, 5) is 17.0. The van der Waals surface area contributed by atoms with Gasteiger partial charge in [0, 0.05) is 50.4 Å². The van der Waals surface area contributed by atoms with Crippen LogP contribution < -0.4 is 0 Å². The van der Waals surface area contributed by atoms with Crippen LogP contribution >= 0.6 is 11.6 Å². The van der Waals surface area contributed by atoms with E-state index in [0.717, 1.165) is 48.9 Å². The van der Waals surface area contributed by atoms with E-state index in [1.165, 1.54) is 5.56 Å². The molecular weight excluding hydrogens is 336 g/mol. The number of amides is 1. The Bertz CT molecular complexity index is 727. The highest BCUT2D eigenvalue weighted by atomic mass is 35.5. The fraction of sp³-hybridized carbons (Fsp3) is 0.350. The van der Waals surface area contributed by atoms with Crippen molar-refractivity contribution in [2.75, 3.05) is 33.3 Å². The van der Waals surface area contributed by atoms with Gasteiger partial charge in [-0.3, -0.25) is 9.69 Å². The second-order valence-electron chi connectivity index (χ2n) is 6.33. The molecule has 0 unspecified atom stereocenters. The Morgan fingerprint density at radius 3 is 2.48 bits per heavy atom. The zero-order valence-electron chi connectivity index (χ0n) is 14.5. The van der Waals surface area contributed by atoms with Crippen molar-refractivity contribution in [3.05, 3.63) is 70.2 Å². The van der Waals surface area contributed by atoms with Crippen molar-refractivity contribution < 1.29 is 9.53 Å². The topological polar surface area (TPSA) is 32.8 Å². The van der Waals surface area contributed by atoms with Crippen LogP contribution in [0.25, 0.3) is 0 Å². The van der Waals surface area contributed by atoms with E-state index in [4.69, 9.17) is 16.3 Å². The van der Waals surface area contributed by atoms with Gasteiger partial charge in [0.15, 0.2) is 0 Å². The number of ether oxygens (including phenoxy) is 1. The van der Waals surface area contributed by atoms with E-state index in [1.807, 2.05) is 47.4 Å². The molecule has 1 aliphatic rings. The first-order valence-electron chi connectivity index (χ1n) is 8.49. The summed E-state index contributed by atoms with van der Waals surface area (Å²) in [5.74, 6) is 0.0976. The van der Waals surface area contributed by atoms with Crippen molar-refractivity contribution in [1.82, 2.24) is 9.80 Å². The molecule has 25 heavy (non-hydrogen) atoms. The molecule has 0 aromatic heterocycles. The van der Waals surface area contributed by atoms with Gasteiger partial charge in [0.25, 0.3) is 5.91 Å². The summed E-state index contributed by atoms with van der Waals surface area (Å²) in [5, 5.41) is 0.766. The van der Waals surface area contributed by atoms with Crippen molar-refractivity contribution in [1.29, 1.82) is 0 Å². The Labute approximate surface area is 154 Å². The highest BCUT2D eigenvalue weighted by Crippen LogP contribution is 2.15. The number of piperazine rings is 1. The Morgan fingerprint density at radius 2 is 1.76 bits per heavy atom. The van der Waals surface area contributed by atoms with Crippen LogP contribution in [0.1, 0.15) is 21.5 Å². The molecule has 1 fully saturated rings. The van der Waals surface area contributed by atoms with Crippen LogP contribution in [0.2, 0.25) is 5.02 Å². The van der Waals surface area contributed by atoms with Crippen LogP contribution in [0.5, 0.6) is 0 Å². The highest BCUT2D eigenvalue weighted by molar-refractivity contribution is 6.30. The molecule has 0 radical (unpaired) electrons. The van der Waals surface area contributed by atoms with Gasteiger partial charge in [0.05, 0.1) is 6.61 Å². The molecule has 0 saturated carbocycles. The number of hydrogen-bond acceptors (Lipinski definition) is 3. The van der Waals surface area contributed by atoms with Crippen LogP contribution in [-0.4, -0.2) is 49.0 Å². The predicted octanol–water partition coefficient (Wildman–Crippen LogP) is 3.44. The lowest BCUT2D eigenvalue weighted by atomic mass is 10.1. The van der Waals surface area contributed by atoms with Crippen molar-refractivity contribution in [3.8, 4) is 0 Å². The van der Waals surface area contributed by atoms with Crippen LogP contribution in [-0.2, 0) is 17.9 Å².